The molecule has 2 aromatic carbocycles. The molecule has 0 aromatic heterocycles. The highest BCUT2D eigenvalue weighted by Crippen LogP contribution is 2.34. The van der Waals surface area contributed by atoms with Crippen molar-refractivity contribution in [3.63, 3.8) is 0 Å². The average molecular weight is 471 g/mol. The molecule has 0 N–H and O–H groups in total. The van der Waals surface area contributed by atoms with Crippen LogP contribution in [0.5, 0.6) is 0 Å². The molecule has 1 heterocycles. The molecule has 0 unspecified atom stereocenters. The van der Waals surface area contributed by atoms with Gasteiger partial charge in [0, 0.05) is 6.42 Å². The first-order valence-electron chi connectivity index (χ1n) is 11.4. The summed E-state index contributed by atoms with van der Waals surface area (Å²) in [5, 5.41) is 0. The van der Waals surface area contributed by atoms with Gasteiger partial charge < -0.3 is 14.2 Å². The highest BCUT2D eigenvalue weighted by atomic mass is 19.1. The van der Waals surface area contributed by atoms with Crippen LogP contribution in [-0.4, -0.2) is 31.1 Å². The van der Waals surface area contributed by atoms with E-state index < -0.39 is 5.79 Å². The van der Waals surface area contributed by atoms with E-state index in [4.69, 9.17) is 14.2 Å². The van der Waals surface area contributed by atoms with E-state index in [0.717, 1.165) is 22.3 Å². The van der Waals surface area contributed by atoms with Gasteiger partial charge in [-0.2, -0.15) is 0 Å². The fourth-order valence-corrected chi connectivity index (χ4v) is 4.17. The molecule has 0 aliphatic carbocycles. The first kappa shape index (κ1) is 25.8. The second kappa shape index (κ2) is 11.1. The molecule has 1 saturated heterocycles. The molecule has 0 spiro atoms. The van der Waals surface area contributed by atoms with E-state index >= 15 is 0 Å². The second-order valence-corrected chi connectivity index (χ2v) is 9.17. The second-order valence-electron chi connectivity index (χ2n) is 9.17. The van der Waals surface area contributed by atoms with E-state index in [9.17, 15) is 13.6 Å². The molecular weight excluding hydrogens is 438 g/mol. The topological polar surface area (TPSA) is 44.8 Å². The third-order valence-corrected chi connectivity index (χ3v) is 5.67. The minimum absolute atomic E-state index is 0.111. The lowest BCUT2D eigenvalue weighted by molar-refractivity contribution is -0.290. The third kappa shape index (κ3) is 6.84. The molecule has 0 saturated carbocycles. The van der Waals surface area contributed by atoms with Crippen molar-refractivity contribution in [3.05, 3.63) is 89.0 Å². The predicted molar refractivity (Wildman–Crippen MR) is 128 cm³/mol. The zero-order chi connectivity index (χ0) is 24.9. The molecule has 1 aliphatic heterocycles. The highest BCUT2D eigenvalue weighted by molar-refractivity contribution is 5.83. The quantitative estimate of drug-likeness (QED) is 0.344. The van der Waals surface area contributed by atoms with Gasteiger partial charge in [-0.25, -0.2) is 8.78 Å². The number of esters is 1. The number of carbonyl (C=O) groups is 1. The van der Waals surface area contributed by atoms with Crippen LogP contribution in [0.2, 0.25) is 0 Å². The average Bonchev–Trinajstić information content (AvgIpc) is 2.77. The number of benzene rings is 2. The van der Waals surface area contributed by atoms with Crippen molar-refractivity contribution in [1.82, 2.24) is 0 Å². The Balaban J connectivity index is 2.01. The van der Waals surface area contributed by atoms with Crippen molar-refractivity contribution >= 4 is 11.5 Å². The largest absolute Gasteiger partial charge is 0.469 e. The van der Waals surface area contributed by atoms with Crippen LogP contribution in [0.3, 0.4) is 0 Å². The number of hydrogen-bond donors (Lipinski definition) is 0. The smallest absolute Gasteiger partial charge is 0.308 e. The predicted octanol–water partition coefficient (Wildman–Crippen LogP) is 6.45. The maximum atomic E-state index is 13.6. The number of rotatable bonds is 7. The molecule has 4 nitrogen and oxygen atoms in total. The molecule has 2 atom stereocenters. The molecule has 182 valence electrons. The Morgan fingerprint density at radius 2 is 1.56 bits per heavy atom. The van der Waals surface area contributed by atoms with Crippen LogP contribution in [0, 0.1) is 17.6 Å². The van der Waals surface area contributed by atoms with E-state index in [2.05, 4.69) is 13.8 Å². The maximum absolute atomic E-state index is 13.6. The lowest BCUT2D eigenvalue weighted by Gasteiger charge is -2.39. The standard InChI is InChI=1S/C28H32F2O4/c1-18(2)25(15-14-23-16-24(17-26(31)32-5)34-28(3,4)33-23)27(19-6-10-21(29)11-7-19)20-8-12-22(30)13-9-20/h6-15,18,23-24H,16-17H2,1-5H3/b15-14+/t23-,24-/m0/s1. The molecule has 1 aliphatic rings. The maximum Gasteiger partial charge on any atom is 0.308 e. The summed E-state index contributed by atoms with van der Waals surface area (Å²) in [4.78, 5) is 11.8. The number of hydrogen-bond acceptors (Lipinski definition) is 4. The normalized spacial score (nSPS) is 19.9. The molecular formula is C28H32F2O4. The third-order valence-electron chi connectivity index (χ3n) is 5.67. The lowest BCUT2D eigenvalue weighted by Crippen LogP contribution is -2.44. The van der Waals surface area contributed by atoms with Gasteiger partial charge in [0.15, 0.2) is 5.79 Å². The van der Waals surface area contributed by atoms with Crippen molar-refractivity contribution < 1.29 is 27.8 Å². The van der Waals surface area contributed by atoms with Gasteiger partial charge >= 0.3 is 5.97 Å². The molecule has 34 heavy (non-hydrogen) atoms. The minimum Gasteiger partial charge on any atom is -0.469 e. The molecule has 0 amide bonds. The van der Waals surface area contributed by atoms with Crippen LogP contribution in [0.1, 0.15) is 51.7 Å². The summed E-state index contributed by atoms with van der Waals surface area (Å²) in [6.45, 7) is 7.78. The van der Waals surface area contributed by atoms with E-state index in [1.54, 1.807) is 24.3 Å². The Kier molecular flexibility index (Phi) is 8.39. The fourth-order valence-electron chi connectivity index (χ4n) is 4.17. The van der Waals surface area contributed by atoms with Crippen molar-refractivity contribution in [2.24, 2.45) is 5.92 Å². The SMILES string of the molecule is COC(=O)C[C@@H]1C[C@H](/C=C/C(=C(c2ccc(F)cc2)c2ccc(F)cc2)C(C)C)OC(C)(C)O1. The van der Waals surface area contributed by atoms with Crippen molar-refractivity contribution in [1.29, 1.82) is 0 Å². The summed E-state index contributed by atoms with van der Waals surface area (Å²) >= 11 is 0. The van der Waals surface area contributed by atoms with Crippen molar-refractivity contribution in [3.8, 4) is 0 Å². The van der Waals surface area contributed by atoms with Gasteiger partial charge in [0.2, 0.25) is 0 Å². The Labute approximate surface area is 200 Å². The summed E-state index contributed by atoms with van der Waals surface area (Å²) in [5.74, 6) is -1.72. The fraction of sp³-hybridized carbons (Fsp3) is 0.393. The Bertz CT molecular complexity index is 990. The van der Waals surface area contributed by atoms with Gasteiger partial charge in [0.1, 0.15) is 11.6 Å². The number of allylic oxidation sites excluding steroid dienone is 2. The van der Waals surface area contributed by atoms with Gasteiger partial charge in [-0.1, -0.05) is 50.3 Å². The van der Waals surface area contributed by atoms with Crippen LogP contribution in [0.4, 0.5) is 8.78 Å². The zero-order valence-corrected chi connectivity index (χ0v) is 20.3. The van der Waals surface area contributed by atoms with E-state index in [1.165, 1.54) is 31.4 Å². The molecule has 1 fully saturated rings. The molecule has 6 heteroatoms. The summed E-state index contributed by atoms with van der Waals surface area (Å²) in [5.41, 5.74) is 3.55. The van der Waals surface area contributed by atoms with Crippen molar-refractivity contribution in [2.75, 3.05) is 7.11 Å². The Morgan fingerprint density at radius 3 is 2.03 bits per heavy atom. The van der Waals surface area contributed by atoms with E-state index in [1.807, 2.05) is 26.0 Å². The lowest BCUT2D eigenvalue weighted by atomic mass is 9.87. The van der Waals surface area contributed by atoms with Gasteiger partial charge in [-0.15, -0.1) is 0 Å². The summed E-state index contributed by atoms with van der Waals surface area (Å²) in [7, 11) is 1.36. The van der Waals surface area contributed by atoms with Crippen LogP contribution in [-0.2, 0) is 19.0 Å². The molecule has 2 aromatic rings. The van der Waals surface area contributed by atoms with Crippen LogP contribution < -0.4 is 0 Å². The summed E-state index contributed by atoms with van der Waals surface area (Å²) in [6, 6.07) is 12.6. The minimum atomic E-state index is -0.857. The monoisotopic (exact) mass is 470 g/mol. The molecule has 3 rings (SSSR count). The van der Waals surface area contributed by atoms with E-state index in [-0.39, 0.29) is 42.2 Å². The molecule has 0 radical (unpaired) electrons. The Morgan fingerprint density at radius 1 is 1.03 bits per heavy atom. The number of ether oxygens (including phenoxy) is 3. The van der Waals surface area contributed by atoms with Gasteiger partial charge in [-0.3, -0.25) is 4.79 Å². The summed E-state index contributed by atoms with van der Waals surface area (Å²) in [6.07, 6.45) is 4.02. The first-order valence-corrected chi connectivity index (χ1v) is 11.4. The van der Waals surface area contributed by atoms with E-state index in [0.29, 0.717) is 6.42 Å². The number of halogens is 2. The van der Waals surface area contributed by atoms with Crippen LogP contribution in [0.25, 0.3) is 5.57 Å². The Hall–Kier alpha value is -2.83. The summed E-state index contributed by atoms with van der Waals surface area (Å²) < 4.78 is 44.1. The number of carbonyl (C=O) groups excluding carboxylic acids is 1. The first-order chi connectivity index (χ1) is 16.1. The number of methoxy groups -OCH3 is 1. The molecule has 0 bridgehead atoms. The van der Waals surface area contributed by atoms with Gasteiger partial charge in [0.05, 0.1) is 25.7 Å². The van der Waals surface area contributed by atoms with Gasteiger partial charge in [0.25, 0.3) is 0 Å². The van der Waals surface area contributed by atoms with Crippen LogP contribution >= 0.6 is 0 Å². The van der Waals surface area contributed by atoms with Crippen LogP contribution in [0.15, 0.2) is 66.3 Å². The highest BCUT2D eigenvalue weighted by Gasteiger charge is 2.35. The van der Waals surface area contributed by atoms with Crippen molar-refractivity contribution in [2.45, 2.75) is 58.5 Å². The van der Waals surface area contributed by atoms with Gasteiger partial charge in [-0.05, 0) is 66.3 Å². The zero-order valence-electron chi connectivity index (χ0n) is 20.3.